The molecule has 3 aromatic rings. The van der Waals surface area contributed by atoms with Gasteiger partial charge in [0, 0.05) is 35.0 Å². The van der Waals surface area contributed by atoms with E-state index in [-0.39, 0.29) is 22.8 Å². The van der Waals surface area contributed by atoms with Crippen LogP contribution >= 0.6 is 22.6 Å². The van der Waals surface area contributed by atoms with Gasteiger partial charge in [0.25, 0.3) is 11.5 Å². The van der Waals surface area contributed by atoms with Crippen molar-refractivity contribution in [1.29, 1.82) is 0 Å². The molecule has 1 aromatic heterocycles. The number of nitrogens with one attached hydrogen (secondary N) is 2. The molecule has 0 radical (unpaired) electrons. The molecule has 0 fully saturated rings. The molecule has 0 saturated heterocycles. The quantitative estimate of drug-likeness (QED) is 0.349. The molecular weight excluding hydrogens is 502 g/mol. The van der Waals surface area contributed by atoms with Crippen LogP contribution in [0.4, 0.5) is 21.6 Å². The van der Waals surface area contributed by atoms with Crippen molar-refractivity contribution in [3.05, 3.63) is 73.3 Å². The van der Waals surface area contributed by atoms with Crippen molar-refractivity contribution in [3.63, 3.8) is 0 Å². The van der Waals surface area contributed by atoms with E-state index in [9.17, 15) is 14.0 Å². The highest BCUT2D eigenvalue weighted by atomic mass is 127. The van der Waals surface area contributed by atoms with Gasteiger partial charge in [0.2, 0.25) is 0 Å². The molecule has 0 aliphatic carbocycles. The van der Waals surface area contributed by atoms with Crippen LogP contribution in [0.3, 0.4) is 0 Å². The molecule has 0 bridgehead atoms. The number of aromatic nitrogens is 1. The minimum atomic E-state index is -0.518. The van der Waals surface area contributed by atoms with Gasteiger partial charge in [0.1, 0.15) is 28.7 Å². The van der Waals surface area contributed by atoms with Crippen molar-refractivity contribution >= 4 is 45.7 Å². The summed E-state index contributed by atoms with van der Waals surface area (Å²) in [4.78, 5) is 25.3. The topological polar surface area (TPSA) is 98.4 Å². The number of nitrogen functional groups attached to an aromatic ring is 1. The maximum atomic E-state index is 14.4. The fourth-order valence-corrected chi connectivity index (χ4v) is 3.28. The number of carbonyl (C=O) groups is 1. The zero-order chi connectivity index (χ0) is 22.0. The lowest BCUT2D eigenvalue weighted by Crippen LogP contribution is -2.27. The van der Waals surface area contributed by atoms with Gasteiger partial charge in [-0.2, -0.15) is 0 Å². The van der Waals surface area contributed by atoms with Gasteiger partial charge in [0.05, 0.1) is 5.69 Å². The number of rotatable bonds is 5. The molecule has 2 aromatic carbocycles. The lowest BCUT2D eigenvalue weighted by atomic mass is 10.1. The molecule has 0 spiro atoms. The van der Waals surface area contributed by atoms with Crippen LogP contribution in [0.25, 0.3) is 0 Å². The van der Waals surface area contributed by atoms with E-state index in [1.807, 2.05) is 22.6 Å². The number of pyridine rings is 1. The number of hydrogen-bond donors (Lipinski definition) is 3. The minimum absolute atomic E-state index is 0.0274. The molecule has 156 valence electrons. The molecule has 30 heavy (non-hydrogen) atoms. The zero-order valence-corrected chi connectivity index (χ0v) is 18.7. The maximum absolute atomic E-state index is 14.4. The van der Waals surface area contributed by atoms with Crippen LogP contribution in [0.15, 0.2) is 47.3 Å². The molecule has 9 heteroatoms. The van der Waals surface area contributed by atoms with Crippen LogP contribution in [0.5, 0.6) is 11.5 Å². The van der Waals surface area contributed by atoms with Crippen LogP contribution in [-0.2, 0) is 7.05 Å². The third-order valence-corrected chi connectivity index (χ3v) is 5.26. The first kappa shape index (κ1) is 21.6. The first-order chi connectivity index (χ1) is 14.2. The van der Waals surface area contributed by atoms with Crippen molar-refractivity contribution in [2.75, 3.05) is 18.1 Å². The second-order valence-corrected chi connectivity index (χ2v) is 7.78. The fraction of sp³-hybridized carbons (Fsp3) is 0.143. The predicted molar refractivity (Wildman–Crippen MR) is 123 cm³/mol. The summed E-state index contributed by atoms with van der Waals surface area (Å²) in [6.45, 7) is 1.77. The number of nitrogens with two attached hydrogens (primary N) is 1. The summed E-state index contributed by atoms with van der Waals surface area (Å²) in [5.74, 6) is -0.497. The van der Waals surface area contributed by atoms with E-state index in [1.165, 1.54) is 36.9 Å². The summed E-state index contributed by atoms with van der Waals surface area (Å²) in [6, 6.07) is 10.9. The predicted octanol–water partition coefficient (Wildman–Crippen LogP) is 3.92. The number of carbonyl (C=O) groups excluding carboxylic acids is 1. The second-order valence-electron chi connectivity index (χ2n) is 6.53. The third kappa shape index (κ3) is 4.25. The molecule has 0 unspecified atom stereocenters. The minimum Gasteiger partial charge on any atom is -0.456 e. The lowest BCUT2D eigenvalue weighted by molar-refractivity contribution is 0.0961. The molecular formula is C21H20FIN4O3. The van der Waals surface area contributed by atoms with E-state index in [1.54, 1.807) is 31.2 Å². The smallest absolute Gasteiger partial charge is 0.258 e. The number of anilines is 3. The Kier molecular flexibility index (Phi) is 6.30. The summed E-state index contributed by atoms with van der Waals surface area (Å²) in [5.41, 5.74) is 6.85. The Morgan fingerprint density at radius 1 is 1.20 bits per heavy atom. The number of ether oxygens (including phenoxy) is 1. The molecule has 0 saturated carbocycles. The van der Waals surface area contributed by atoms with Crippen molar-refractivity contribution < 1.29 is 13.9 Å². The van der Waals surface area contributed by atoms with Crippen LogP contribution < -0.4 is 26.7 Å². The van der Waals surface area contributed by atoms with Gasteiger partial charge < -0.3 is 21.1 Å². The standard InChI is InChI=1S/C21H20FIN4O3/c1-11-14(24)5-4-6-16(11)30-17-10-18(28)27(3)20(19(17)21(29)25-2)26-15-8-7-12(23)9-13(15)22/h4-10,26H,24H2,1-3H3,(H,25,29). The fourth-order valence-electron chi connectivity index (χ4n) is 2.83. The molecule has 1 amide bonds. The van der Waals surface area contributed by atoms with Gasteiger partial charge >= 0.3 is 0 Å². The van der Waals surface area contributed by atoms with Gasteiger partial charge in [-0.15, -0.1) is 0 Å². The Hall–Kier alpha value is -3.08. The van der Waals surface area contributed by atoms with Gasteiger partial charge in [-0.1, -0.05) is 6.07 Å². The van der Waals surface area contributed by atoms with E-state index >= 15 is 0 Å². The van der Waals surface area contributed by atoms with Crippen molar-refractivity contribution in [2.45, 2.75) is 6.92 Å². The van der Waals surface area contributed by atoms with E-state index < -0.39 is 17.3 Å². The van der Waals surface area contributed by atoms with Crippen molar-refractivity contribution in [1.82, 2.24) is 9.88 Å². The van der Waals surface area contributed by atoms with Crippen LogP contribution in [0.2, 0.25) is 0 Å². The summed E-state index contributed by atoms with van der Waals surface area (Å²) in [5, 5.41) is 5.40. The number of hydrogen-bond acceptors (Lipinski definition) is 5. The number of amides is 1. The van der Waals surface area contributed by atoms with Gasteiger partial charge in [-0.05, 0) is 59.8 Å². The molecule has 4 N–H and O–H groups in total. The van der Waals surface area contributed by atoms with E-state index in [0.717, 1.165) is 0 Å². The number of benzene rings is 2. The Morgan fingerprint density at radius 3 is 2.60 bits per heavy atom. The van der Waals surface area contributed by atoms with Crippen molar-refractivity contribution in [3.8, 4) is 11.5 Å². The Bertz CT molecular complexity index is 1190. The second kappa shape index (κ2) is 8.74. The monoisotopic (exact) mass is 522 g/mol. The Labute approximate surface area is 186 Å². The Morgan fingerprint density at radius 2 is 1.93 bits per heavy atom. The van der Waals surface area contributed by atoms with E-state index in [2.05, 4.69) is 10.6 Å². The lowest BCUT2D eigenvalue weighted by Gasteiger charge is -2.19. The molecule has 7 nitrogen and oxygen atoms in total. The molecule has 1 heterocycles. The average Bonchev–Trinajstić information content (AvgIpc) is 2.70. The molecule has 0 atom stereocenters. The molecule has 0 aliphatic heterocycles. The van der Waals surface area contributed by atoms with E-state index in [4.69, 9.17) is 10.5 Å². The number of halogens is 2. The van der Waals surface area contributed by atoms with Crippen LogP contribution in [0, 0.1) is 16.3 Å². The van der Waals surface area contributed by atoms with Gasteiger partial charge in [0.15, 0.2) is 0 Å². The maximum Gasteiger partial charge on any atom is 0.258 e. The average molecular weight is 522 g/mol. The normalized spacial score (nSPS) is 10.6. The van der Waals surface area contributed by atoms with Crippen LogP contribution in [-0.4, -0.2) is 17.5 Å². The van der Waals surface area contributed by atoms with Gasteiger partial charge in [-0.25, -0.2) is 4.39 Å². The molecule has 3 rings (SSSR count). The third-order valence-electron chi connectivity index (χ3n) is 4.59. The van der Waals surface area contributed by atoms with E-state index in [0.29, 0.717) is 20.6 Å². The highest BCUT2D eigenvalue weighted by Gasteiger charge is 2.23. The summed E-state index contributed by atoms with van der Waals surface area (Å²) >= 11 is 1.99. The first-order valence-corrected chi connectivity index (χ1v) is 10.0. The van der Waals surface area contributed by atoms with Crippen molar-refractivity contribution in [2.24, 2.45) is 7.05 Å². The SMILES string of the molecule is CNC(=O)c1c(Oc2cccc(N)c2C)cc(=O)n(C)c1Nc1ccc(I)cc1F. The highest BCUT2D eigenvalue weighted by molar-refractivity contribution is 14.1. The zero-order valence-electron chi connectivity index (χ0n) is 16.5. The van der Waals surface area contributed by atoms with Crippen LogP contribution in [0.1, 0.15) is 15.9 Å². The van der Waals surface area contributed by atoms with Gasteiger partial charge in [-0.3, -0.25) is 14.2 Å². The summed E-state index contributed by atoms with van der Waals surface area (Å²) in [6.07, 6.45) is 0. The summed E-state index contributed by atoms with van der Waals surface area (Å²) in [7, 11) is 2.94. The largest absolute Gasteiger partial charge is 0.456 e. The number of nitrogens with zero attached hydrogens (tertiary/aromatic N) is 1. The highest BCUT2D eigenvalue weighted by Crippen LogP contribution is 2.34. The summed E-state index contributed by atoms with van der Waals surface area (Å²) < 4.78 is 22.3. The molecule has 0 aliphatic rings. The Balaban J connectivity index is 2.19. The first-order valence-electron chi connectivity index (χ1n) is 8.94.